The summed E-state index contributed by atoms with van der Waals surface area (Å²) in [4.78, 5) is 16.1. The van der Waals surface area contributed by atoms with Crippen molar-refractivity contribution < 1.29 is 14.3 Å². The molecule has 3 unspecified atom stereocenters. The molecule has 3 atom stereocenters. The maximum atomic E-state index is 13.1. The number of morpholine rings is 1. The monoisotopic (exact) mass is 338 g/mol. The zero-order valence-electron chi connectivity index (χ0n) is 14.1. The summed E-state index contributed by atoms with van der Waals surface area (Å²) in [5, 5.41) is 2.03. The second kappa shape index (κ2) is 6.16. The van der Waals surface area contributed by atoms with Crippen LogP contribution in [-0.2, 0) is 14.3 Å². The first kappa shape index (κ1) is 16.9. The zero-order valence-corrected chi connectivity index (χ0v) is 14.9. The van der Waals surface area contributed by atoms with Gasteiger partial charge in [-0.15, -0.1) is 11.3 Å². The molecule has 2 fully saturated rings. The molecule has 23 heavy (non-hydrogen) atoms. The van der Waals surface area contributed by atoms with Crippen molar-refractivity contribution in [3.63, 3.8) is 0 Å². The molecule has 0 radical (unpaired) electrons. The Morgan fingerprint density at radius 1 is 1.57 bits per heavy atom. The van der Waals surface area contributed by atoms with E-state index in [1.807, 2.05) is 37.1 Å². The molecule has 0 spiro atoms. The molecule has 128 valence electrons. The number of hydrogen-bond acceptors (Lipinski definition) is 5. The number of rotatable bonds is 4. The van der Waals surface area contributed by atoms with Gasteiger partial charge in [-0.05, 0) is 18.4 Å². The van der Waals surface area contributed by atoms with E-state index in [-0.39, 0.29) is 23.5 Å². The second-order valence-electron chi connectivity index (χ2n) is 6.97. The van der Waals surface area contributed by atoms with Crippen LogP contribution in [0.4, 0.5) is 0 Å². The van der Waals surface area contributed by atoms with Gasteiger partial charge in [0.05, 0.1) is 19.3 Å². The molecule has 1 aromatic rings. The van der Waals surface area contributed by atoms with Crippen LogP contribution in [0.1, 0.15) is 38.2 Å². The number of carbonyl (C=O) groups excluding carboxylic acids is 1. The molecule has 1 saturated heterocycles. The van der Waals surface area contributed by atoms with Gasteiger partial charge in [0.1, 0.15) is 11.6 Å². The smallest absolute Gasteiger partial charge is 0.243 e. The number of ether oxygens (including phenoxy) is 2. The van der Waals surface area contributed by atoms with Crippen LogP contribution in [0.2, 0.25) is 0 Å². The van der Waals surface area contributed by atoms with Gasteiger partial charge in [-0.2, -0.15) is 0 Å². The van der Waals surface area contributed by atoms with Gasteiger partial charge in [0, 0.05) is 29.9 Å². The third kappa shape index (κ3) is 2.71. The van der Waals surface area contributed by atoms with E-state index in [0.717, 1.165) is 4.88 Å². The van der Waals surface area contributed by atoms with E-state index in [1.54, 1.807) is 11.3 Å². The molecule has 1 aromatic heterocycles. The first-order valence-electron chi connectivity index (χ1n) is 8.25. The minimum atomic E-state index is -0.843. The van der Waals surface area contributed by atoms with Crippen LogP contribution in [0.5, 0.6) is 0 Å². The van der Waals surface area contributed by atoms with E-state index in [2.05, 4.69) is 6.07 Å². The van der Waals surface area contributed by atoms with Crippen molar-refractivity contribution in [3.05, 3.63) is 22.4 Å². The Labute approximate surface area is 141 Å². The zero-order chi connectivity index (χ0) is 16.7. The SMILES string of the molecule is CCOC1CC(N)(C(=O)N2CCOC(c3cccs3)C2)C1(C)C. The first-order valence-corrected chi connectivity index (χ1v) is 9.13. The Bertz CT molecular complexity index is 560. The number of nitrogens with zero attached hydrogens (tertiary/aromatic N) is 1. The number of thiophene rings is 1. The predicted molar refractivity (Wildman–Crippen MR) is 90.3 cm³/mol. The van der Waals surface area contributed by atoms with E-state index >= 15 is 0 Å². The summed E-state index contributed by atoms with van der Waals surface area (Å²) < 4.78 is 11.6. The molecule has 5 nitrogen and oxygen atoms in total. The average molecular weight is 338 g/mol. The molecule has 2 heterocycles. The second-order valence-corrected chi connectivity index (χ2v) is 7.95. The predicted octanol–water partition coefficient (Wildman–Crippen LogP) is 2.18. The molecule has 1 aliphatic heterocycles. The lowest BCUT2D eigenvalue weighted by Gasteiger charge is -2.59. The molecule has 0 bridgehead atoms. The van der Waals surface area contributed by atoms with Crippen molar-refractivity contribution >= 4 is 17.2 Å². The maximum Gasteiger partial charge on any atom is 0.243 e. The number of amides is 1. The standard InChI is InChI=1S/C17H26N2O3S/c1-4-21-14-10-17(18,16(14,2)3)15(20)19-7-8-22-12(11-19)13-6-5-9-23-13/h5-6,9,12,14H,4,7-8,10-11,18H2,1-3H3. The Morgan fingerprint density at radius 2 is 2.35 bits per heavy atom. The van der Waals surface area contributed by atoms with Gasteiger partial charge >= 0.3 is 0 Å². The molecule has 6 heteroatoms. The van der Waals surface area contributed by atoms with E-state index in [1.165, 1.54) is 0 Å². The highest BCUT2D eigenvalue weighted by Crippen LogP contribution is 2.50. The normalized spacial score (nSPS) is 33.3. The summed E-state index contributed by atoms with van der Waals surface area (Å²) in [6.07, 6.45) is 0.603. The van der Waals surface area contributed by atoms with Gasteiger partial charge < -0.3 is 20.1 Å². The van der Waals surface area contributed by atoms with Gasteiger partial charge in [0.2, 0.25) is 5.91 Å². The van der Waals surface area contributed by atoms with E-state index in [0.29, 0.717) is 32.7 Å². The summed E-state index contributed by atoms with van der Waals surface area (Å²) >= 11 is 1.66. The summed E-state index contributed by atoms with van der Waals surface area (Å²) in [7, 11) is 0. The van der Waals surface area contributed by atoms with E-state index < -0.39 is 5.54 Å². The summed E-state index contributed by atoms with van der Waals surface area (Å²) in [5.74, 6) is 0.0308. The number of carbonyl (C=O) groups is 1. The van der Waals surface area contributed by atoms with Gasteiger partial charge in [0.25, 0.3) is 0 Å². The van der Waals surface area contributed by atoms with Gasteiger partial charge in [-0.25, -0.2) is 0 Å². The Hall–Kier alpha value is -0.950. The van der Waals surface area contributed by atoms with Crippen LogP contribution in [-0.4, -0.2) is 48.8 Å². The molecular weight excluding hydrogens is 312 g/mol. The van der Waals surface area contributed by atoms with E-state index in [9.17, 15) is 4.79 Å². The van der Waals surface area contributed by atoms with Crippen LogP contribution in [0.3, 0.4) is 0 Å². The van der Waals surface area contributed by atoms with Crippen LogP contribution < -0.4 is 5.73 Å². The molecule has 3 rings (SSSR count). The molecule has 2 aliphatic rings. The topological polar surface area (TPSA) is 64.8 Å². The van der Waals surface area contributed by atoms with Crippen LogP contribution in [0.15, 0.2) is 17.5 Å². The molecule has 2 N–H and O–H groups in total. The average Bonchev–Trinajstić information content (AvgIpc) is 3.08. The van der Waals surface area contributed by atoms with Crippen LogP contribution in [0.25, 0.3) is 0 Å². The van der Waals surface area contributed by atoms with Crippen molar-refractivity contribution in [1.29, 1.82) is 0 Å². The Morgan fingerprint density at radius 3 is 2.96 bits per heavy atom. The van der Waals surface area contributed by atoms with Crippen molar-refractivity contribution in [2.75, 3.05) is 26.3 Å². The van der Waals surface area contributed by atoms with Crippen molar-refractivity contribution in [2.45, 2.75) is 44.9 Å². The number of nitrogens with two attached hydrogens (primary N) is 1. The fraction of sp³-hybridized carbons (Fsp3) is 0.706. The lowest BCUT2D eigenvalue weighted by atomic mass is 9.54. The summed E-state index contributed by atoms with van der Waals surface area (Å²) in [6, 6.07) is 4.07. The van der Waals surface area contributed by atoms with Crippen molar-refractivity contribution in [2.24, 2.45) is 11.1 Å². The molecule has 1 aliphatic carbocycles. The van der Waals surface area contributed by atoms with Crippen LogP contribution >= 0.6 is 11.3 Å². The minimum Gasteiger partial charge on any atom is -0.378 e. The highest BCUT2D eigenvalue weighted by atomic mass is 32.1. The van der Waals surface area contributed by atoms with Gasteiger partial charge in [0.15, 0.2) is 0 Å². The maximum absolute atomic E-state index is 13.1. The molecular formula is C17H26N2O3S. The molecule has 1 saturated carbocycles. The highest BCUT2D eigenvalue weighted by Gasteiger charge is 2.63. The lowest BCUT2D eigenvalue weighted by molar-refractivity contribution is -0.184. The Kier molecular flexibility index (Phi) is 4.53. The molecule has 1 amide bonds. The number of hydrogen-bond donors (Lipinski definition) is 1. The summed E-state index contributed by atoms with van der Waals surface area (Å²) in [5.41, 5.74) is 5.34. The largest absolute Gasteiger partial charge is 0.378 e. The van der Waals surface area contributed by atoms with Crippen molar-refractivity contribution in [3.8, 4) is 0 Å². The third-order valence-electron chi connectivity index (χ3n) is 5.43. The molecule has 0 aromatic carbocycles. The van der Waals surface area contributed by atoms with Crippen LogP contribution in [0, 0.1) is 5.41 Å². The lowest BCUT2D eigenvalue weighted by Crippen LogP contribution is -2.76. The van der Waals surface area contributed by atoms with Gasteiger partial charge in [-0.3, -0.25) is 4.79 Å². The third-order valence-corrected chi connectivity index (χ3v) is 6.39. The fourth-order valence-electron chi connectivity index (χ4n) is 3.56. The first-order chi connectivity index (χ1) is 10.9. The Balaban J connectivity index is 1.70. The minimum absolute atomic E-state index is 0.0308. The quantitative estimate of drug-likeness (QED) is 0.914. The van der Waals surface area contributed by atoms with Crippen molar-refractivity contribution in [1.82, 2.24) is 4.90 Å². The fourth-order valence-corrected chi connectivity index (χ4v) is 4.33. The van der Waals surface area contributed by atoms with Gasteiger partial charge in [-0.1, -0.05) is 19.9 Å². The van der Waals surface area contributed by atoms with E-state index in [4.69, 9.17) is 15.2 Å². The highest BCUT2D eigenvalue weighted by molar-refractivity contribution is 7.10. The summed E-state index contributed by atoms with van der Waals surface area (Å²) in [6.45, 7) is 8.43.